The van der Waals surface area contributed by atoms with Gasteiger partial charge < -0.3 is 14.2 Å². The number of ether oxygens (including phenoxy) is 3. The van der Waals surface area contributed by atoms with E-state index in [0.717, 1.165) is 38.5 Å². The molecular weight excluding hydrogens is 861 g/mol. The lowest BCUT2D eigenvalue weighted by molar-refractivity contribution is -0.163. The number of carbonyl (C=O) groups excluding carboxylic acids is 2. The Morgan fingerprint density at radius 2 is 0.557 bits per heavy atom. The summed E-state index contributed by atoms with van der Waals surface area (Å²) in [5, 5.41) is 0. The Morgan fingerprint density at radius 1 is 0.300 bits per heavy atom. The largest absolute Gasteiger partial charge is 0.462 e. The maximum absolute atomic E-state index is 12.9. The molecule has 0 amide bonds. The molecule has 0 spiro atoms. The second-order valence-corrected chi connectivity index (χ2v) is 21.3. The van der Waals surface area contributed by atoms with Crippen molar-refractivity contribution in [1.82, 2.24) is 0 Å². The summed E-state index contributed by atoms with van der Waals surface area (Å²) in [5.41, 5.74) is 0. The fraction of sp³-hybridized carbons (Fsp3) is 0.877. The van der Waals surface area contributed by atoms with Gasteiger partial charge in [-0.05, 0) is 96.3 Å². The van der Waals surface area contributed by atoms with Gasteiger partial charge in [-0.2, -0.15) is 0 Å². The third kappa shape index (κ3) is 58.7. The monoisotopic (exact) mass is 983 g/mol. The second kappa shape index (κ2) is 61.4. The highest BCUT2D eigenvalue weighted by Crippen LogP contribution is 2.16. The van der Waals surface area contributed by atoms with Crippen molar-refractivity contribution in [1.29, 1.82) is 0 Å². The number of rotatable bonds is 59. The van der Waals surface area contributed by atoms with Gasteiger partial charge in [0.1, 0.15) is 6.61 Å². The average Bonchev–Trinajstić information content (AvgIpc) is 3.36. The molecule has 0 aliphatic carbocycles. The highest BCUT2D eigenvalue weighted by atomic mass is 16.6. The molecule has 0 fully saturated rings. The highest BCUT2D eigenvalue weighted by molar-refractivity contribution is 5.70. The molecular formula is C65H122O5. The smallest absolute Gasteiger partial charge is 0.306 e. The van der Waals surface area contributed by atoms with Crippen molar-refractivity contribution >= 4 is 11.9 Å². The molecule has 0 bridgehead atoms. The molecule has 0 rings (SSSR count). The molecule has 5 heteroatoms. The molecule has 0 aliphatic rings. The van der Waals surface area contributed by atoms with Crippen LogP contribution in [0, 0.1) is 0 Å². The van der Waals surface area contributed by atoms with Crippen LogP contribution in [-0.2, 0) is 23.8 Å². The van der Waals surface area contributed by atoms with E-state index in [0.29, 0.717) is 19.4 Å². The third-order valence-electron chi connectivity index (χ3n) is 14.1. The maximum atomic E-state index is 12.9. The molecule has 1 unspecified atom stereocenters. The molecule has 0 saturated carbocycles. The summed E-state index contributed by atoms with van der Waals surface area (Å²) in [6, 6.07) is 0. The van der Waals surface area contributed by atoms with E-state index in [1.807, 2.05) is 0 Å². The normalized spacial score (nSPS) is 12.3. The van der Waals surface area contributed by atoms with Gasteiger partial charge in [-0.3, -0.25) is 9.59 Å². The van der Waals surface area contributed by atoms with Gasteiger partial charge in [0.25, 0.3) is 0 Å². The van der Waals surface area contributed by atoms with Crippen LogP contribution in [0.4, 0.5) is 0 Å². The van der Waals surface area contributed by atoms with E-state index in [-0.39, 0.29) is 25.2 Å². The molecule has 0 heterocycles. The summed E-state index contributed by atoms with van der Waals surface area (Å²) in [6.45, 7) is 7.87. The molecule has 1 atom stereocenters. The summed E-state index contributed by atoms with van der Waals surface area (Å²) in [4.78, 5) is 25.6. The first-order chi connectivity index (χ1) is 34.6. The van der Waals surface area contributed by atoms with Crippen LogP contribution in [-0.4, -0.2) is 37.9 Å². The summed E-state index contributed by atoms with van der Waals surface area (Å²) >= 11 is 0. The minimum atomic E-state index is -0.539. The van der Waals surface area contributed by atoms with E-state index in [4.69, 9.17) is 14.2 Å². The van der Waals surface area contributed by atoms with Gasteiger partial charge in [-0.25, -0.2) is 0 Å². The number of esters is 2. The molecule has 412 valence electrons. The zero-order chi connectivity index (χ0) is 50.6. The minimum Gasteiger partial charge on any atom is -0.462 e. The van der Waals surface area contributed by atoms with Crippen LogP contribution in [0.15, 0.2) is 36.5 Å². The van der Waals surface area contributed by atoms with E-state index >= 15 is 0 Å². The predicted octanol–water partition coefficient (Wildman–Crippen LogP) is 21.7. The fourth-order valence-electron chi connectivity index (χ4n) is 9.38. The van der Waals surface area contributed by atoms with Crippen molar-refractivity contribution in [3.05, 3.63) is 36.5 Å². The Balaban J connectivity index is 4.24. The predicted molar refractivity (Wildman–Crippen MR) is 307 cm³/mol. The summed E-state index contributed by atoms with van der Waals surface area (Å²) in [6.07, 6.45) is 76.0. The molecule has 0 aliphatic heterocycles. The minimum absolute atomic E-state index is 0.0857. The van der Waals surface area contributed by atoms with Gasteiger partial charge in [0.2, 0.25) is 0 Å². The van der Waals surface area contributed by atoms with Crippen molar-refractivity contribution in [2.45, 2.75) is 348 Å². The Morgan fingerprint density at radius 3 is 0.871 bits per heavy atom. The quantitative estimate of drug-likeness (QED) is 0.0345. The molecule has 0 saturated heterocycles. The maximum Gasteiger partial charge on any atom is 0.306 e. The summed E-state index contributed by atoms with van der Waals surface area (Å²) < 4.78 is 17.5. The fourth-order valence-corrected chi connectivity index (χ4v) is 9.38. The van der Waals surface area contributed by atoms with Crippen molar-refractivity contribution in [3.8, 4) is 0 Å². The van der Waals surface area contributed by atoms with Crippen LogP contribution in [0.2, 0.25) is 0 Å². The molecule has 0 aromatic heterocycles. The molecule has 0 aromatic carbocycles. The standard InChI is InChI=1S/C65H122O5/c1-4-7-10-13-16-19-22-25-28-31-33-35-37-40-43-46-49-52-55-58-64(66)69-62-63(61-68-60-57-54-51-48-45-42-39-30-27-24-21-18-15-12-9-6-3)70-65(67)59-56-53-50-47-44-41-38-36-34-32-29-26-23-20-17-14-11-8-5-2/h25-30,63H,4-24,31-62H2,1-3H3/b28-25-,29-26-,30-27-. The van der Waals surface area contributed by atoms with Gasteiger partial charge in [0, 0.05) is 19.4 Å². The number of hydrogen-bond acceptors (Lipinski definition) is 5. The molecule has 5 nitrogen and oxygen atoms in total. The van der Waals surface area contributed by atoms with Gasteiger partial charge >= 0.3 is 11.9 Å². The van der Waals surface area contributed by atoms with Crippen LogP contribution in [0.25, 0.3) is 0 Å². The number of hydrogen-bond donors (Lipinski definition) is 0. The van der Waals surface area contributed by atoms with E-state index < -0.39 is 6.10 Å². The van der Waals surface area contributed by atoms with Crippen LogP contribution in [0.1, 0.15) is 342 Å². The SMILES string of the molecule is CCCCCCCC/C=C\CCCCCCCCCCCC(=O)OCC(COCCCCCCCC/C=C\CCCCCCCC)OC(=O)CCCCCCCCCCC/C=C\CCCCCCCC. The Labute approximate surface area is 438 Å². The van der Waals surface area contributed by atoms with Gasteiger partial charge in [0.05, 0.1) is 6.61 Å². The lowest BCUT2D eigenvalue weighted by Crippen LogP contribution is -2.30. The lowest BCUT2D eigenvalue weighted by atomic mass is 10.1. The van der Waals surface area contributed by atoms with Crippen LogP contribution in [0.5, 0.6) is 0 Å². The topological polar surface area (TPSA) is 61.8 Å². The van der Waals surface area contributed by atoms with E-state index in [9.17, 15) is 9.59 Å². The van der Waals surface area contributed by atoms with Crippen molar-refractivity contribution in [2.24, 2.45) is 0 Å². The summed E-state index contributed by atoms with van der Waals surface area (Å²) in [5.74, 6) is -0.385. The molecule has 70 heavy (non-hydrogen) atoms. The second-order valence-electron chi connectivity index (χ2n) is 21.3. The first-order valence-electron chi connectivity index (χ1n) is 31.5. The van der Waals surface area contributed by atoms with Crippen LogP contribution in [0.3, 0.4) is 0 Å². The molecule has 0 N–H and O–H groups in total. The van der Waals surface area contributed by atoms with Crippen molar-refractivity contribution in [2.75, 3.05) is 19.8 Å². The van der Waals surface area contributed by atoms with Gasteiger partial charge in [-0.1, -0.05) is 269 Å². The van der Waals surface area contributed by atoms with Gasteiger partial charge in [-0.15, -0.1) is 0 Å². The number of unbranched alkanes of at least 4 members (excludes halogenated alkanes) is 42. The Kier molecular flexibility index (Phi) is 59.8. The van der Waals surface area contributed by atoms with Crippen LogP contribution >= 0.6 is 0 Å². The van der Waals surface area contributed by atoms with Crippen LogP contribution < -0.4 is 0 Å². The number of carbonyl (C=O) groups is 2. The molecule has 0 aromatic rings. The van der Waals surface area contributed by atoms with Gasteiger partial charge in [0.15, 0.2) is 6.10 Å². The average molecular weight is 984 g/mol. The van der Waals surface area contributed by atoms with E-state index in [2.05, 4.69) is 57.2 Å². The highest BCUT2D eigenvalue weighted by Gasteiger charge is 2.18. The Bertz CT molecular complexity index is 1110. The van der Waals surface area contributed by atoms with Crippen molar-refractivity contribution < 1.29 is 23.8 Å². The zero-order valence-electron chi connectivity index (χ0n) is 47.6. The number of allylic oxidation sites excluding steroid dienone is 6. The first kappa shape index (κ1) is 68.1. The first-order valence-corrected chi connectivity index (χ1v) is 31.5. The van der Waals surface area contributed by atoms with E-state index in [1.54, 1.807) is 0 Å². The van der Waals surface area contributed by atoms with E-state index in [1.165, 1.54) is 270 Å². The molecule has 0 radical (unpaired) electrons. The third-order valence-corrected chi connectivity index (χ3v) is 14.1. The zero-order valence-corrected chi connectivity index (χ0v) is 47.6. The lowest BCUT2D eigenvalue weighted by Gasteiger charge is -2.18. The van der Waals surface area contributed by atoms with Crippen molar-refractivity contribution in [3.63, 3.8) is 0 Å². The Hall–Kier alpha value is -1.88. The summed E-state index contributed by atoms with van der Waals surface area (Å²) in [7, 11) is 0.